The van der Waals surface area contributed by atoms with Gasteiger partial charge in [0.25, 0.3) is 10.2 Å². The first-order valence-corrected chi connectivity index (χ1v) is 8.26. The molecule has 19 heavy (non-hydrogen) atoms. The summed E-state index contributed by atoms with van der Waals surface area (Å²) in [6.07, 6.45) is 0.752. The van der Waals surface area contributed by atoms with Crippen LogP contribution in [0.4, 0.5) is 5.69 Å². The lowest BCUT2D eigenvalue weighted by Gasteiger charge is -2.12. The third-order valence-corrected chi connectivity index (χ3v) is 4.42. The molecule has 0 radical (unpaired) electrons. The molecule has 2 rings (SSSR count). The summed E-state index contributed by atoms with van der Waals surface area (Å²) in [4.78, 5) is 0. The van der Waals surface area contributed by atoms with Crippen molar-refractivity contribution in [1.29, 1.82) is 0 Å². The summed E-state index contributed by atoms with van der Waals surface area (Å²) in [5, 5.41) is 1.83. The Morgan fingerprint density at radius 2 is 1.79 bits per heavy atom. The lowest BCUT2D eigenvalue weighted by molar-refractivity contribution is 0.586. The molecule has 0 fully saturated rings. The Labute approximate surface area is 121 Å². The van der Waals surface area contributed by atoms with Gasteiger partial charge in [-0.3, -0.25) is 4.72 Å². The number of benzene rings is 2. The van der Waals surface area contributed by atoms with Crippen molar-refractivity contribution < 1.29 is 8.42 Å². The predicted molar refractivity (Wildman–Crippen MR) is 82.5 cm³/mol. The minimum absolute atomic E-state index is 0.420. The molecule has 0 saturated heterocycles. The van der Waals surface area contributed by atoms with E-state index < -0.39 is 10.2 Å². The van der Waals surface area contributed by atoms with Gasteiger partial charge in [0.15, 0.2) is 0 Å². The second-order valence-corrected chi connectivity index (χ2v) is 6.49. The number of hydrogen-bond donors (Lipinski definition) is 2. The Bertz CT molecular complexity index is 686. The lowest BCUT2D eigenvalue weighted by atomic mass is 10.1. The van der Waals surface area contributed by atoms with Gasteiger partial charge in [0.2, 0.25) is 0 Å². The van der Waals surface area contributed by atoms with E-state index in [1.165, 1.54) is 0 Å². The SMILES string of the molecule is CCCNS(=O)(=O)Nc1ccc(Br)c2ccccc12. The number of halogens is 1. The lowest BCUT2D eigenvalue weighted by Crippen LogP contribution is -2.30. The van der Waals surface area contributed by atoms with Gasteiger partial charge in [-0.2, -0.15) is 13.1 Å². The fourth-order valence-electron chi connectivity index (χ4n) is 1.77. The number of anilines is 1. The van der Waals surface area contributed by atoms with Crippen molar-refractivity contribution in [1.82, 2.24) is 4.72 Å². The van der Waals surface area contributed by atoms with Crippen molar-refractivity contribution in [2.45, 2.75) is 13.3 Å². The molecular formula is C13H15BrN2O2S. The summed E-state index contributed by atoms with van der Waals surface area (Å²) < 4.78 is 29.7. The molecule has 0 heterocycles. The first-order chi connectivity index (χ1) is 9.03. The van der Waals surface area contributed by atoms with Gasteiger partial charge in [-0.15, -0.1) is 0 Å². The Hall–Kier alpha value is -1.11. The van der Waals surface area contributed by atoms with Crippen LogP contribution in [0.15, 0.2) is 40.9 Å². The van der Waals surface area contributed by atoms with Crippen LogP contribution in [0.25, 0.3) is 10.8 Å². The summed E-state index contributed by atoms with van der Waals surface area (Å²) in [7, 11) is -3.52. The summed E-state index contributed by atoms with van der Waals surface area (Å²) in [6.45, 7) is 2.33. The zero-order valence-corrected chi connectivity index (χ0v) is 12.9. The van der Waals surface area contributed by atoms with E-state index in [1.54, 1.807) is 6.07 Å². The molecule has 0 saturated carbocycles. The quantitative estimate of drug-likeness (QED) is 0.876. The first kappa shape index (κ1) is 14.3. The Morgan fingerprint density at radius 3 is 2.47 bits per heavy atom. The van der Waals surface area contributed by atoms with E-state index in [4.69, 9.17) is 0 Å². The van der Waals surface area contributed by atoms with Crippen LogP contribution < -0.4 is 9.44 Å². The molecule has 0 spiro atoms. The predicted octanol–water partition coefficient (Wildman–Crippen LogP) is 3.26. The molecule has 4 nitrogen and oxygen atoms in total. The molecule has 0 amide bonds. The van der Waals surface area contributed by atoms with Gasteiger partial charge >= 0.3 is 0 Å². The van der Waals surface area contributed by atoms with E-state index in [0.717, 1.165) is 21.7 Å². The average molecular weight is 343 g/mol. The standard InChI is InChI=1S/C13H15BrN2O2S/c1-2-9-15-19(17,18)16-13-8-7-12(14)10-5-3-4-6-11(10)13/h3-8,15-16H,2,9H2,1H3. The molecule has 0 atom stereocenters. The molecule has 2 N–H and O–H groups in total. The highest BCUT2D eigenvalue weighted by molar-refractivity contribution is 9.10. The molecule has 0 aliphatic heterocycles. The van der Waals surface area contributed by atoms with E-state index >= 15 is 0 Å². The van der Waals surface area contributed by atoms with Crippen LogP contribution in [0.5, 0.6) is 0 Å². The normalized spacial score (nSPS) is 11.7. The number of hydrogen-bond acceptors (Lipinski definition) is 2. The maximum absolute atomic E-state index is 11.9. The molecule has 0 bridgehead atoms. The number of fused-ring (bicyclic) bond motifs is 1. The third kappa shape index (κ3) is 3.46. The summed E-state index contributed by atoms with van der Waals surface area (Å²) in [5.74, 6) is 0. The highest BCUT2D eigenvalue weighted by atomic mass is 79.9. The average Bonchev–Trinajstić information content (AvgIpc) is 2.40. The Balaban J connectivity index is 2.39. The molecule has 2 aromatic carbocycles. The second-order valence-electron chi connectivity index (χ2n) is 4.14. The van der Waals surface area contributed by atoms with E-state index in [9.17, 15) is 8.42 Å². The fraction of sp³-hybridized carbons (Fsp3) is 0.231. The zero-order valence-electron chi connectivity index (χ0n) is 10.5. The van der Waals surface area contributed by atoms with Crippen LogP contribution in [0.2, 0.25) is 0 Å². The van der Waals surface area contributed by atoms with Crippen LogP contribution >= 0.6 is 15.9 Å². The highest BCUT2D eigenvalue weighted by Gasteiger charge is 2.11. The smallest absolute Gasteiger partial charge is 0.270 e. The van der Waals surface area contributed by atoms with Crippen LogP contribution in [0.1, 0.15) is 13.3 Å². The van der Waals surface area contributed by atoms with Crippen LogP contribution in [-0.4, -0.2) is 15.0 Å². The van der Waals surface area contributed by atoms with Crippen LogP contribution in [0.3, 0.4) is 0 Å². The number of rotatable bonds is 5. The second kappa shape index (κ2) is 5.90. The molecule has 2 aromatic rings. The zero-order chi connectivity index (χ0) is 13.9. The van der Waals surface area contributed by atoms with Crippen molar-refractivity contribution in [3.63, 3.8) is 0 Å². The molecule has 0 aliphatic carbocycles. The van der Waals surface area contributed by atoms with E-state index in [1.807, 2.05) is 37.3 Å². The van der Waals surface area contributed by atoms with Gasteiger partial charge in [-0.05, 0) is 23.9 Å². The van der Waals surface area contributed by atoms with Crippen molar-refractivity contribution >= 4 is 42.6 Å². The van der Waals surface area contributed by atoms with E-state index in [-0.39, 0.29) is 0 Å². The Morgan fingerprint density at radius 1 is 1.11 bits per heavy atom. The molecule has 6 heteroatoms. The van der Waals surface area contributed by atoms with Gasteiger partial charge in [0.05, 0.1) is 5.69 Å². The van der Waals surface area contributed by atoms with Gasteiger partial charge in [-0.1, -0.05) is 47.1 Å². The molecule has 102 valence electrons. The van der Waals surface area contributed by atoms with Crippen molar-refractivity contribution in [3.8, 4) is 0 Å². The van der Waals surface area contributed by atoms with Crippen molar-refractivity contribution in [2.75, 3.05) is 11.3 Å². The monoisotopic (exact) mass is 342 g/mol. The first-order valence-electron chi connectivity index (χ1n) is 5.98. The van der Waals surface area contributed by atoms with Gasteiger partial charge in [-0.25, -0.2) is 0 Å². The fourth-order valence-corrected chi connectivity index (χ4v) is 3.26. The topological polar surface area (TPSA) is 58.2 Å². The van der Waals surface area contributed by atoms with E-state index in [0.29, 0.717) is 12.2 Å². The minimum atomic E-state index is -3.52. The van der Waals surface area contributed by atoms with Gasteiger partial charge in [0.1, 0.15) is 0 Å². The molecule has 0 aromatic heterocycles. The third-order valence-electron chi connectivity index (χ3n) is 2.66. The van der Waals surface area contributed by atoms with Crippen molar-refractivity contribution in [3.05, 3.63) is 40.9 Å². The maximum atomic E-state index is 11.9. The molecule has 0 unspecified atom stereocenters. The largest absolute Gasteiger partial charge is 0.299 e. The Kier molecular flexibility index (Phi) is 4.44. The maximum Gasteiger partial charge on any atom is 0.299 e. The van der Waals surface area contributed by atoms with Crippen LogP contribution in [0, 0.1) is 0 Å². The van der Waals surface area contributed by atoms with Gasteiger partial charge in [0, 0.05) is 16.4 Å². The van der Waals surface area contributed by atoms with Crippen molar-refractivity contribution in [2.24, 2.45) is 0 Å². The van der Waals surface area contributed by atoms with Gasteiger partial charge < -0.3 is 0 Å². The summed E-state index contributed by atoms with van der Waals surface area (Å²) in [6, 6.07) is 11.2. The summed E-state index contributed by atoms with van der Waals surface area (Å²) >= 11 is 3.46. The highest BCUT2D eigenvalue weighted by Crippen LogP contribution is 2.30. The molecular weight excluding hydrogens is 328 g/mol. The molecule has 0 aliphatic rings. The van der Waals surface area contributed by atoms with E-state index in [2.05, 4.69) is 25.4 Å². The van der Waals surface area contributed by atoms with Crippen LogP contribution in [-0.2, 0) is 10.2 Å². The summed E-state index contributed by atoms with van der Waals surface area (Å²) in [5.41, 5.74) is 0.572. The number of nitrogens with one attached hydrogen (secondary N) is 2. The minimum Gasteiger partial charge on any atom is -0.270 e.